The molecule has 1 aromatic carbocycles. The lowest BCUT2D eigenvalue weighted by molar-refractivity contribution is 0.0696. The fraction of sp³-hybridized carbons (Fsp3) is 0.562. The van der Waals surface area contributed by atoms with Crippen molar-refractivity contribution in [3.8, 4) is 0 Å². The van der Waals surface area contributed by atoms with E-state index in [0.717, 1.165) is 44.1 Å². The van der Waals surface area contributed by atoms with Crippen molar-refractivity contribution in [2.75, 3.05) is 26.2 Å². The highest BCUT2D eigenvalue weighted by atomic mass is 32.2. The Kier molecular flexibility index (Phi) is 5.62. The lowest BCUT2D eigenvalue weighted by Gasteiger charge is -2.38. The van der Waals surface area contributed by atoms with Crippen LogP contribution in [0.4, 0.5) is 4.39 Å². The molecule has 2 rings (SSSR count). The van der Waals surface area contributed by atoms with Gasteiger partial charge in [-0.05, 0) is 43.0 Å². The molecule has 1 aliphatic heterocycles. The standard InChI is InChI=1S/C16H23FN2O4S/c1-16(2)4-3-6-19(11-16)7-5-18-24(22,23)14-9-12(15(20)21)8-13(17)10-14/h8-10,18H,3-7,11H2,1-2H3,(H,20,21). The minimum Gasteiger partial charge on any atom is -0.478 e. The summed E-state index contributed by atoms with van der Waals surface area (Å²) in [6.07, 6.45) is 2.22. The van der Waals surface area contributed by atoms with Crippen molar-refractivity contribution in [3.05, 3.63) is 29.6 Å². The number of carbonyl (C=O) groups is 1. The van der Waals surface area contributed by atoms with Crippen LogP contribution in [0.5, 0.6) is 0 Å². The van der Waals surface area contributed by atoms with Gasteiger partial charge in [0.15, 0.2) is 0 Å². The summed E-state index contributed by atoms with van der Waals surface area (Å²) in [5, 5.41) is 8.91. The lowest BCUT2D eigenvalue weighted by atomic mass is 9.84. The van der Waals surface area contributed by atoms with Crippen LogP contribution in [0, 0.1) is 11.2 Å². The first-order chi connectivity index (χ1) is 11.1. The summed E-state index contributed by atoms with van der Waals surface area (Å²) in [7, 11) is -3.95. The molecule has 0 aliphatic carbocycles. The van der Waals surface area contributed by atoms with Gasteiger partial charge in [0.25, 0.3) is 0 Å². The summed E-state index contributed by atoms with van der Waals surface area (Å²) in [5.41, 5.74) is -0.177. The minimum absolute atomic E-state index is 0.192. The molecule has 0 bridgehead atoms. The normalized spacial score (nSPS) is 18.5. The van der Waals surface area contributed by atoms with Crippen molar-refractivity contribution >= 4 is 16.0 Å². The SMILES string of the molecule is CC1(C)CCCN(CCNS(=O)(=O)c2cc(F)cc(C(=O)O)c2)C1. The van der Waals surface area contributed by atoms with E-state index in [4.69, 9.17) is 5.11 Å². The Morgan fingerprint density at radius 2 is 2.08 bits per heavy atom. The number of piperidine rings is 1. The number of hydrogen-bond donors (Lipinski definition) is 2. The van der Waals surface area contributed by atoms with Crippen LogP contribution in [0.2, 0.25) is 0 Å². The van der Waals surface area contributed by atoms with Crippen molar-refractivity contribution in [2.24, 2.45) is 5.41 Å². The minimum atomic E-state index is -3.95. The zero-order valence-corrected chi connectivity index (χ0v) is 14.7. The van der Waals surface area contributed by atoms with E-state index in [1.807, 2.05) is 0 Å². The largest absolute Gasteiger partial charge is 0.478 e. The fourth-order valence-electron chi connectivity index (χ4n) is 3.00. The number of halogens is 1. The number of hydrogen-bond acceptors (Lipinski definition) is 4. The Hall–Kier alpha value is -1.51. The van der Waals surface area contributed by atoms with Crippen molar-refractivity contribution < 1.29 is 22.7 Å². The summed E-state index contributed by atoms with van der Waals surface area (Å²) >= 11 is 0. The first-order valence-corrected chi connectivity index (χ1v) is 9.33. The second-order valence-corrected chi connectivity index (χ2v) is 8.69. The van der Waals surface area contributed by atoms with E-state index in [-0.39, 0.29) is 16.9 Å². The summed E-state index contributed by atoms with van der Waals surface area (Å²) in [5.74, 6) is -2.27. The monoisotopic (exact) mass is 358 g/mol. The molecule has 0 spiro atoms. The highest BCUT2D eigenvalue weighted by Crippen LogP contribution is 2.27. The molecule has 8 heteroatoms. The highest BCUT2D eigenvalue weighted by Gasteiger charge is 2.26. The fourth-order valence-corrected chi connectivity index (χ4v) is 4.07. The summed E-state index contributed by atoms with van der Waals surface area (Å²) < 4.78 is 40.3. The van der Waals surface area contributed by atoms with Crippen LogP contribution in [0.15, 0.2) is 23.1 Å². The maximum absolute atomic E-state index is 13.5. The van der Waals surface area contributed by atoms with Crippen LogP contribution in [-0.2, 0) is 10.0 Å². The van der Waals surface area contributed by atoms with Crippen LogP contribution in [-0.4, -0.2) is 50.6 Å². The predicted octanol–water partition coefficient (Wildman–Crippen LogP) is 1.92. The van der Waals surface area contributed by atoms with E-state index in [2.05, 4.69) is 23.5 Å². The molecule has 1 fully saturated rings. The molecule has 1 aromatic rings. The quantitative estimate of drug-likeness (QED) is 0.811. The Morgan fingerprint density at radius 3 is 2.71 bits per heavy atom. The number of likely N-dealkylation sites (tertiary alicyclic amines) is 1. The third kappa shape index (κ3) is 4.99. The van der Waals surface area contributed by atoms with Crippen molar-refractivity contribution in [1.29, 1.82) is 0 Å². The molecule has 1 heterocycles. The van der Waals surface area contributed by atoms with Gasteiger partial charge in [0.1, 0.15) is 5.82 Å². The molecule has 1 saturated heterocycles. The first kappa shape index (κ1) is 18.8. The first-order valence-electron chi connectivity index (χ1n) is 7.85. The highest BCUT2D eigenvalue weighted by molar-refractivity contribution is 7.89. The number of benzene rings is 1. The number of carboxylic acids is 1. The molecule has 0 aromatic heterocycles. The van der Waals surface area contributed by atoms with E-state index in [1.54, 1.807) is 0 Å². The average molecular weight is 358 g/mol. The number of rotatable bonds is 6. The van der Waals surface area contributed by atoms with E-state index < -0.39 is 27.4 Å². The molecule has 134 valence electrons. The number of aromatic carboxylic acids is 1. The Morgan fingerprint density at radius 1 is 1.38 bits per heavy atom. The number of carboxylic acid groups (broad SMARTS) is 1. The van der Waals surface area contributed by atoms with Gasteiger partial charge in [-0.3, -0.25) is 0 Å². The summed E-state index contributed by atoms with van der Waals surface area (Å²) in [6.45, 7) is 6.94. The molecule has 1 aliphatic rings. The molecule has 0 unspecified atom stereocenters. The smallest absolute Gasteiger partial charge is 0.335 e. The maximum atomic E-state index is 13.5. The average Bonchev–Trinajstić information content (AvgIpc) is 2.45. The van der Waals surface area contributed by atoms with Gasteiger partial charge in [-0.1, -0.05) is 13.8 Å². The third-order valence-corrected chi connectivity index (χ3v) is 5.57. The lowest BCUT2D eigenvalue weighted by Crippen LogP contribution is -2.43. The Balaban J connectivity index is 2.00. The van der Waals surface area contributed by atoms with Gasteiger partial charge in [0.2, 0.25) is 10.0 Å². The van der Waals surface area contributed by atoms with Crippen LogP contribution in [0.3, 0.4) is 0 Å². The van der Waals surface area contributed by atoms with Gasteiger partial charge in [-0.25, -0.2) is 22.3 Å². The van der Waals surface area contributed by atoms with Crippen LogP contribution in [0.1, 0.15) is 37.0 Å². The molecular weight excluding hydrogens is 335 g/mol. The maximum Gasteiger partial charge on any atom is 0.335 e. The molecule has 0 radical (unpaired) electrons. The number of sulfonamides is 1. The Labute approximate surface area is 141 Å². The van der Waals surface area contributed by atoms with Crippen LogP contribution in [0.25, 0.3) is 0 Å². The van der Waals surface area contributed by atoms with E-state index in [1.165, 1.54) is 0 Å². The molecule has 0 atom stereocenters. The molecule has 0 amide bonds. The van der Waals surface area contributed by atoms with Gasteiger partial charge >= 0.3 is 5.97 Å². The van der Waals surface area contributed by atoms with Gasteiger partial charge in [0, 0.05) is 19.6 Å². The zero-order chi connectivity index (χ0) is 18.0. The van der Waals surface area contributed by atoms with E-state index in [9.17, 15) is 17.6 Å². The molecule has 6 nitrogen and oxygen atoms in total. The van der Waals surface area contributed by atoms with Gasteiger partial charge in [-0.15, -0.1) is 0 Å². The number of nitrogens with zero attached hydrogens (tertiary/aromatic N) is 1. The van der Waals surface area contributed by atoms with Crippen molar-refractivity contribution in [1.82, 2.24) is 9.62 Å². The van der Waals surface area contributed by atoms with Gasteiger partial charge in [-0.2, -0.15) is 0 Å². The van der Waals surface area contributed by atoms with Gasteiger partial charge in [0.05, 0.1) is 10.5 Å². The van der Waals surface area contributed by atoms with Crippen LogP contribution >= 0.6 is 0 Å². The molecule has 24 heavy (non-hydrogen) atoms. The molecular formula is C16H23FN2O4S. The zero-order valence-electron chi connectivity index (χ0n) is 13.9. The second-order valence-electron chi connectivity index (χ2n) is 6.92. The predicted molar refractivity (Wildman–Crippen MR) is 88.0 cm³/mol. The summed E-state index contributed by atoms with van der Waals surface area (Å²) in [6, 6.07) is 2.56. The van der Waals surface area contributed by atoms with Crippen LogP contribution < -0.4 is 4.72 Å². The van der Waals surface area contributed by atoms with E-state index >= 15 is 0 Å². The topological polar surface area (TPSA) is 86.7 Å². The molecule has 2 N–H and O–H groups in total. The molecule has 0 saturated carbocycles. The number of nitrogens with one attached hydrogen (secondary N) is 1. The van der Waals surface area contributed by atoms with Gasteiger partial charge < -0.3 is 10.0 Å². The third-order valence-electron chi connectivity index (χ3n) is 4.13. The van der Waals surface area contributed by atoms with E-state index in [0.29, 0.717) is 6.54 Å². The summed E-state index contributed by atoms with van der Waals surface area (Å²) in [4.78, 5) is 12.7. The van der Waals surface area contributed by atoms with Crippen molar-refractivity contribution in [3.63, 3.8) is 0 Å². The Bertz CT molecular complexity index is 719. The second kappa shape index (κ2) is 7.16. The van der Waals surface area contributed by atoms with Crippen molar-refractivity contribution in [2.45, 2.75) is 31.6 Å².